The number of pyridine rings is 1. The molecule has 0 aliphatic carbocycles. The maximum atomic E-state index is 10.5. The Hall–Kier alpha value is -1.82. The summed E-state index contributed by atoms with van der Waals surface area (Å²) in [6.45, 7) is 0. The number of rotatable bonds is 3. The molecule has 6 heteroatoms. The quantitative estimate of drug-likeness (QED) is 0.854. The first-order chi connectivity index (χ1) is 7.25. The van der Waals surface area contributed by atoms with Crippen LogP contribution in [0.2, 0.25) is 0 Å². The van der Waals surface area contributed by atoms with E-state index in [0.29, 0.717) is 5.22 Å². The Morgan fingerprint density at radius 1 is 1.40 bits per heavy atom. The van der Waals surface area contributed by atoms with Gasteiger partial charge in [0.25, 0.3) is 5.22 Å². The highest BCUT2D eigenvalue weighted by Crippen LogP contribution is 2.25. The highest BCUT2D eigenvalue weighted by molar-refractivity contribution is 7.99. The highest BCUT2D eigenvalue weighted by atomic mass is 32.2. The largest absolute Gasteiger partial charge is 0.476 e. The molecule has 0 saturated heterocycles. The summed E-state index contributed by atoms with van der Waals surface area (Å²) >= 11 is 1.24. The zero-order valence-corrected chi connectivity index (χ0v) is 8.27. The van der Waals surface area contributed by atoms with Gasteiger partial charge in [-0.25, -0.2) is 4.79 Å². The molecule has 1 N–H and O–H groups in total. The van der Waals surface area contributed by atoms with Crippen molar-refractivity contribution in [3.8, 4) is 0 Å². The number of oxazole rings is 1. The molecule has 0 radical (unpaired) electrons. The molecule has 0 fully saturated rings. The van der Waals surface area contributed by atoms with Crippen LogP contribution in [0, 0.1) is 0 Å². The third-order valence-electron chi connectivity index (χ3n) is 1.56. The fourth-order valence-electron chi connectivity index (χ4n) is 0.909. The van der Waals surface area contributed by atoms with Gasteiger partial charge >= 0.3 is 5.97 Å². The molecule has 0 spiro atoms. The van der Waals surface area contributed by atoms with Gasteiger partial charge < -0.3 is 9.52 Å². The summed E-state index contributed by atoms with van der Waals surface area (Å²) < 4.78 is 4.98. The van der Waals surface area contributed by atoms with E-state index in [1.807, 2.05) is 0 Å². The van der Waals surface area contributed by atoms with Crippen molar-refractivity contribution in [1.29, 1.82) is 0 Å². The van der Waals surface area contributed by atoms with Gasteiger partial charge in [0.2, 0.25) is 0 Å². The first kappa shape index (κ1) is 9.72. The normalized spacial score (nSPS) is 10.1. The predicted octanol–water partition coefficient (Wildman–Crippen LogP) is 1.92. The van der Waals surface area contributed by atoms with E-state index >= 15 is 0 Å². The fraction of sp³-hybridized carbons (Fsp3) is 0. The summed E-state index contributed by atoms with van der Waals surface area (Å²) in [7, 11) is 0. The van der Waals surface area contributed by atoms with Crippen molar-refractivity contribution in [3.05, 3.63) is 36.5 Å². The van der Waals surface area contributed by atoms with E-state index in [-0.39, 0.29) is 5.69 Å². The van der Waals surface area contributed by atoms with Crippen molar-refractivity contribution in [2.45, 2.75) is 10.1 Å². The first-order valence-electron chi connectivity index (χ1n) is 4.02. The molecular formula is C9H6N2O3S. The second-order valence-corrected chi connectivity index (χ2v) is 3.61. The number of aromatic nitrogens is 2. The second-order valence-electron chi connectivity index (χ2n) is 2.59. The minimum Gasteiger partial charge on any atom is -0.476 e. The maximum absolute atomic E-state index is 10.5. The fourth-order valence-corrected chi connectivity index (χ4v) is 1.61. The molecular weight excluding hydrogens is 216 g/mol. The summed E-state index contributed by atoms with van der Waals surface area (Å²) in [6.07, 6.45) is 4.40. The summed E-state index contributed by atoms with van der Waals surface area (Å²) in [4.78, 5) is 19.1. The van der Waals surface area contributed by atoms with Crippen LogP contribution < -0.4 is 0 Å². The molecule has 15 heavy (non-hydrogen) atoms. The Kier molecular flexibility index (Phi) is 2.68. The van der Waals surface area contributed by atoms with Gasteiger partial charge in [-0.1, -0.05) is 0 Å². The number of carboxylic acids is 1. The van der Waals surface area contributed by atoms with Crippen molar-refractivity contribution >= 4 is 17.7 Å². The van der Waals surface area contributed by atoms with Crippen LogP contribution in [0.15, 0.2) is 45.3 Å². The van der Waals surface area contributed by atoms with Crippen molar-refractivity contribution in [2.24, 2.45) is 0 Å². The van der Waals surface area contributed by atoms with Gasteiger partial charge in [0.05, 0.1) is 0 Å². The number of nitrogens with zero attached hydrogens (tertiary/aromatic N) is 2. The van der Waals surface area contributed by atoms with Gasteiger partial charge in [0.15, 0.2) is 5.69 Å². The standard InChI is InChI=1S/C9H6N2O3S/c12-8(13)7-5-14-9(11-7)15-6-1-3-10-4-2-6/h1-5H,(H,12,13). The molecule has 0 unspecified atom stereocenters. The third-order valence-corrected chi connectivity index (χ3v) is 2.43. The molecule has 0 aliphatic rings. The zero-order valence-electron chi connectivity index (χ0n) is 7.45. The predicted molar refractivity (Wildman–Crippen MR) is 51.8 cm³/mol. The van der Waals surface area contributed by atoms with Gasteiger partial charge in [-0.3, -0.25) is 4.98 Å². The zero-order chi connectivity index (χ0) is 10.7. The Labute approximate surface area is 89.2 Å². The monoisotopic (exact) mass is 222 g/mol. The van der Waals surface area contributed by atoms with Crippen LogP contribution in [0.3, 0.4) is 0 Å². The minimum absolute atomic E-state index is 0.0912. The van der Waals surface area contributed by atoms with E-state index < -0.39 is 5.97 Å². The Bertz CT molecular complexity index is 469. The third kappa shape index (κ3) is 2.35. The molecule has 2 aromatic heterocycles. The Morgan fingerprint density at radius 2 is 2.13 bits per heavy atom. The van der Waals surface area contributed by atoms with Gasteiger partial charge in [0, 0.05) is 17.3 Å². The lowest BCUT2D eigenvalue weighted by atomic mass is 10.5. The lowest BCUT2D eigenvalue weighted by molar-refractivity contribution is 0.0690. The van der Waals surface area contributed by atoms with Crippen LogP contribution in [0.1, 0.15) is 10.5 Å². The van der Waals surface area contributed by atoms with Crippen LogP contribution in [0.5, 0.6) is 0 Å². The van der Waals surface area contributed by atoms with E-state index in [1.165, 1.54) is 11.8 Å². The second kappa shape index (κ2) is 4.14. The van der Waals surface area contributed by atoms with Crippen LogP contribution in [0.4, 0.5) is 0 Å². The average Bonchev–Trinajstić information content (AvgIpc) is 2.68. The number of carbonyl (C=O) groups is 1. The van der Waals surface area contributed by atoms with Gasteiger partial charge in [-0.05, 0) is 23.9 Å². The summed E-state index contributed by atoms with van der Waals surface area (Å²) in [5.74, 6) is -1.10. The molecule has 2 heterocycles. The topological polar surface area (TPSA) is 76.2 Å². The van der Waals surface area contributed by atoms with Crippen LogP contribution in [-0.4, -0.2) is 21.0 Å². The van der Waals surface area contributed by atoms with E-state index in [1.54, 1.807) is 24.5 Å². The molecule has 0 atom stereocenters. The average molecular weight is 222 g/mol. The Balaban J connectivity index is 2.15. The lowest BCUT2D eigenvalue weighted by Gasteiger charge is -1.93. The van der Waals surface area contributed by atoms with E-state index in [2.05, 4.69) is 9.97 Å². The minimum atomic E-state index is -1.10. The van der Waals surface area contributed by atoms with E-state index in [9.17, 15) is 4.79 Å². The molecule has 0 aromatic carbocycles. The van der Waals surface area contributed by atoms with E-state index in [4.69, 9.17) is 9.52 Å². The van der Waals surface area contributed by atoms with Crippen molar-refractivity contribution in [2.75, 3.05) is 0 Å². The molecule has 5 nitrogen and oxygen atoms in total. The molecule has 0 amide bonds. The molecule has 2 aromatic rings. The van der Waals surface area contributed by atoms with Gasteiger partial charge in [-0.2, -0.15) is 4.98 Å². The van der Waals surface area contributed by atoms with E-state index in [0.717, 1.165) is 11.2 Å². The number of hydrogen-bond donors (Lipinski definition) is 1. The van der Waals surface area contributed by atoms with Crippen LogP contribution in [-0.2, 0) is 0 Å². The summed E-state index contributed by atoms with van der Waals surface area (Å²) in [5.41, 5.74) is -0.0912. The molecule has 0 aliphatic heterocycles. The molecule has 2 rings (SSSR count). The number of carboxylic acid groups (broad SMARTS) is 1. The summed E-state index contributed by atoms with van der Waals surface area (Å²) in [5, 5.41) is 8.93. The lowest BCUT2D eigenvalue weighted by Crippen LogP contribution is -1.95. The van der Waals surface area contributed by atoms with Crippen LogP contribution in [0.25, 0.3) is 0 Å². The first-order valence-corrected chi connectivity index (χ1v) is 4.84. The van der Waals surface area contributed by atoms with Gasteiger partial charge in [0.1, 0.15) is 6.26 Å². The maximum Gasteiger partial charge on any atom is 0.357 e. The SMILES string of the molecule is O=C(O)c1coc(Sc2ccncc2)n1. The molecule has 0 saturated carbocycles. The van der Waals surface area contributed by atoms with Crippen molar-refractivity contribution < 1.29 is 14.3 Å². The molecule has 0 bridgehead atoms. The van der Waals surface area contributed by atoms with Gasteiger partial charge in [-0.15, -0.1) is 0 Å². The van der Waals surface area contributed by atoms with Crippen molar-refractivity contribution in [3.63, 3.8) is 0 Å². The summed E-state index contributed by atoms with van der Waals surface area (Å²) in [6, 6.07) is 3.57. The highest BCUT2D eigenvalue weighted by Gasteiger charge is 2.10. The van der Waals surface area contributed by atoms with Crippen LogP contribution >= 0.6 is 11.8 Å². The smallest absolute Gasteiger partial charge is 0.357 e. The number of aromatic carboxylic acids is 1. The van der Waals surface area contributed by atoms with Crippen molar-refractivity contribution in [1.82, 2.24) is 9.97 Å². The Morgan fingerprint density at radius 3 is 2.73 bits per heavy atom. The molecule has 76 valence electrons. The number of hydrogen-bond acceptors (Lipinski definition) is 5.